The molecule has 0 spiro atoms. The van der Waals surface area contributed by atoms with Gasteiger partial charge in [0.1, 0.15) is 0 Å². The highest BCUT2D eigenvalue weighted by molar-refractivity contribution is 5.86. The van der Waals surface area contributed by atoms with Crippen LogP contribution >= 0.6 is 0 Å². The van der Waals surface area contributed by atoms with Gasteiger partial charge in [0.05, 0.1) is 12.5 Å². The molecule has 130 valence electrons. The first-order valence-corrected chi connectivity index (χ1v) is 8.38. The standard InChI is InChI=1S/C17H25N5O2/c1-10-13(5-6-14(23)20-12-7-8-18-9-12)11(2)19-16-15(10)17(24-4)21-22(16)3/h12,18H,5-9H2,1-4H3,(H,20,23). The largest absolute Gasteiger partial charge is 0.479 e. The van der Waals surface area contributed by atoms with Gasteiger partial charge in [-0.3, -0.25) is 4.79 Å². The summed E-state index contributed by atoms with van der Waals surface area (Å²) in [6.07, 6.45) is 2.14. The molecule has 1 saturated heterocycles. The van der Waals surface area contributed by atoms with Crippen LogP contribution in [0.1, 0.15) is 29.7 Å². The predicted molar refractivity (Wildman–Crippen MR) is 92.3 cm³/mol. The molecule has 1 unspecified atom stereocenters. The van der Waals surface area contributed by atoms with Gasteiger partial charge in [0.25, 0.3) is 0 Å². The molecule has 0 bridgehead atoms. The molecular formula is C17H25N5O2. The molecule has 2 N–H and O–H groups in total. The number of carbonyl (C=O) groups is 1. The van der Waals surface area contributed by atoms with Crippen molar-refractivity contribution in [2.24, 2.45) is 7.05 Å². The van der Waals surface area contributed by atoms with E-state index in [4.69, 9.17) is 4.74 Å². The Balaban J connectivity index is 1.80. The third-order valence-corrected chi connectivity index (χ3v) is 4.74. The minimum atomic E-state index is 0.0979. The molecule has 3 heterocycles. The number of carbonyl (C=O) groups excluding carboxylic acids is 1. The summed E-state index contributed by atoms with van der Waals surface area (Å²) in [6.45, 7) is 5.88. The molecule has 1 aliphatic heterocycles. The van der Waals surface area contributed by atoms with Gasteiger partial charge in [-0.05, 0) is 44.4 Å². The number of nitrogens with zero attached hydrogens (tertiary/aromatic N) is 3. The van der Waals surface area contributed by atoms with Crippen molar-refractivity contribution in [1.29, 1.82) is 0 Å². The zero-order valence-corrected chi connectivity index (χ0v) is 14.8. The van der Waals surface area contributed by atoms with E-state index >= 15 is 0 Å². The molecule has 1 fully saturated rings. The Bertz CT molecular complexity index is 762. The van der Waals surface area contributed by atoms with Gasteiger partial charge >= 0.3 is 0 Å². The van der Waals surface area contributed by atoms with Crippen molar-refractivity contribution in [2.45, 2.75) is 39.2 Å². The number of fused-ring (bicyclic) bond motifs is 1. The highest BCUT2D eigenvalue weighted by Gasteiger charge is 2.20. The number of rotatable bonds is 5. The molecule has 7 nitrogen and oxygen atoms in total. The van der Waals surface area contributed by atoms with Gasteiger partial charge in [0.15, 0.2) is 5.65 Å². The van der Waals surface area contributed by atoms with E-state index in [0.717, 1.165) is 47.4 Å². The number of aryl methyl sites for hydroxylation is 3. The molecule has 2 aromatic rings. The van der Waals surface area contributed by atoms with E-state index in [1.165, 1.54) is 0 Å². The zero-order valence-electron chi connectivity index (χ0n) is 14.8. The van der Waals surface area contributed by atoms with Gasteiger partial charge in [-0.25, -0.2) is 9.67 Å². The second kappa shape index (κ2) is 6.76. The zero-order chi connectivity index (χ0) is 17.3. The molecule has 0 aromatic carbocycles. The summed E-state index contributed by atoms with van der Waals surface area (Å²) in [5.74, 6) is 0.681. The molecular weight excluding hydrogens is 306 g/mol. The number of pyridine rings is 1. The van der Waals surface area contributed by atoms with Crippen molar-refractivity contribution in [1.82, 2.24) is 25.4 Å². The van der Waals surface area contributed by atoms with Gasteiger partial charge in [0.2, 0.25) is 11.8 Å². The lowest BCUT2D eigenvalue weighted by atomic mass is 10.00. The summed E-state index contributed by atoms with van der Waals surface area (Å²) in [7, 11) is 3.48. The first-order valence-electron chi connectivity index (χ1n) is 8.38. The topological polar surface area (TPSA) is 81.1 Å². The Morgan fingerprint density at radius 2 is 2.25 bits per heavy atom. The smallest absolute Gasteiger partial charge is 0.242 e. The first kappa shape index (κ1) is 16.7. The van der Waals surface area contributed by atoms with Crippen molar-refractivity contribution in [2.75, 3.05) is 20.2 Å². The van der Waals surface area contributed by atoms with Gasteiger partial charge < -0.3 is 15.4 Å². The summed E-state index contributed by atoms with van der Waals surface area (Å²) in [4.78, 5) is 16.8. The molecule has 3 rings (SSSR count). The number of nitrogens with one attached hydrogen (secondary N) is 2. The van der Waals surface area contributed by atoms with Crippen molar-refractivity contribution in [3.05, 3.63) is 16.8 Å². The number of ether oxygens (including phenoxy) is 1. The number of hydrogen-bond donors (Lipinski definition) is 2. The fraction of sp³-hybridized carbons (Fsp3) is 0.588. The monoisotopic (exact) mass is 331 g/mol. The van der Waals surface area contributed by atoms with E-state index in [1.807, 2.05) is 14.0 Å². The highest BCUT2D eigenvalue weighted by atomic mass is 16.5. The predicted octanol–water partition coefficient (Wildman–Crippen LogP) is 1.00. The fourth-order valence-corrected chi connectivity index (χ4v) is 3.42. The fourth-order valence-electron chi connectivity index (χ4n) is 3.42. The maximum Gasteiger partial charge on any atom is 0.242 e. The van der Waals surface area contributed by atoms with Crippen LogP contribution in [0.4, 0.5) is 0 Å². The van der Waals surface area contributed by atoms with Crippen molar-refractivity contribution in [3.8, 4) is 5.88 Å². The van der Waals surface area contributed by atoms with Crippen LogP contribution in [0, 0.1) is 13.8 Å². The second-order valence-corrected chi connectivity index (χ2v) is 6.39. The van der Waals surface area contributed by atoms with Crippen LogP contribution in [0.5, 0.6) is 5.88 Å². The molecule has 0 radical (unpaired) electrons. The van der Waals surface area contributed by atoms with E-state index in [-0.39, 0.29) is 11.9 Å². The summed E-state index contributed by atoms with van der Waals surface area (Å²) >= 11 is 0. The summed E-state index contributed by atoms with van der Waals surface area (Å²) in [5.41, 5.74) is 3.96. The normalized spacial score (nSPS) is 17.4. The lowest BCUT2D eigenvalue weighted by Crippen LogP contribution is -2.36. The molecule has 1 amide bonds. The Morgan fingerprint density at radius 3 is 2.92 bits per heavy atom. The van der Waals surface area contributed by atoms with E-state index < -0.39 is 0 Å². The lowest BCUT2D eigenvalue weighted by Gasteiger charge is -2.13. The quantitative estimate of drug-likeness (QED) is 0.854. The van der Waals surface area contributed by atoms with E-state index in [1.54, 1.807) is 11.8 Å². The molecule has 1 atom stereocenters. The number of amides is 1. The summed E-state index contributed by atoms with van der Waals surface area (Å²) in [6, 6.07) is 0.263. The Hall–Kier alpha value is -2.15. The van der Waals surface area contributed by atoms with Crippen LogP contribution < -0.4 is 15.4 Å². The second-order valence-electron chi connectivity index (χ2n) is 6.39. The van der Waals surface area contributed by atoms with Crippen molar-refractivity contribution < 1.29 is 9.53 Å². The van der Waals surface area contributed by atoms with Crippen LogP contribution in [0.3, 0.4) is 0 Å². The van der Waals surface area contributed by atoms with Crippen LogP contribution in [0.15, 0.2) is 0 Å². The van der Waals surface area contributed by atoms with E-state index in [9.17, 15) is 4.79 Å². The van der Waals surface area contributed by atoms with E-state index in [2.05, 4.69) is 27.6 Å². The molecule has 0 saturated carbocycles. The lowest BCUT2D eigenvalue weighted by molar-refractivity contribution is -0.121. The first-order chi connectivity index (χ1) is 11.5. The van der Waals surface area contributed by atoms with Crippen LogP contribution in [0.2, 0.25) is 0 Å². The van der Waals surface area contributed by atoms with Crippen molar-refractivity contribution >= 4 is 16.9 Å². The molecule has 0 aliphatic carbocycles. The minimum Gasteiger partial charge on any atom is -0.479 e. The number of hydrogen-bond acceptors (Lipinski definition) is 5. The van der Waals surface area contributed by atoms with Gasteiger partial charge in [-0.2, -0.15) is 0 Å². The Labute approximate surface area is 141 Å². The average Bonchev–Trinajstić information content (AvgIpc) is 3.15. The number of methoxy groups -OCH3 is 1. The highest BCUT2D eigenvalue weighted by Crippen LogP contribution is 2.30. The summed E-state index contributed by atoms with van der Waals surface area (Å²) < 4.78 is 7.11. The van der Waals surface area contributed by atoms with Crippen LogP contribution in [-0.4, -0.2) is 46.9 Å². The van der Waals surface area contributed by atoms with Gasteiger partial charge in [-0.1, -0.05) is 0 Å². The molecule has 2 aromatic heterocycles. The molecule has 1 aliphatic rings. The maximum atomic E-state index is 12.2. The third kappa shape index (κ3) is 3.08. The van der Waals surface area contributed by atoms with Crippen LogP contribution in [-0.2, 0) is 18.3 Å². The maximum absolute atomic E-state index is 12.2. The van der Waals surface area contributed by atoms with Gasteiger partial charge in [-0.15, -0.1) is 5.10 Å². The molecule has 24 heavy (non-hydrogen) atoms. The minimum absolute atomic E-state index is 0.0979. The van der Waals surface area contributed by atoms with Gasteiger partial charge in [0, 0.05) is 31.7 Å². The Morgan fingerprint density at radius 1 is 1.46 bits per heavy atom. The van der Waals surface area contributed by atoms with Crippen molar-refractivity contribution in [3.63, 3.8) is 0 Å². The third-order valence-electron chi connectivity index (χ3n) is 4.74. The summed E-state index contributed by atoms with van der Waals surface area (Å²) in [5, 5.41) is 11.6. The van der Waals surface area contributed by atoms with E-state index in [0.29, 0.717) is 18.7 Å². The molecule has 7 heteroatoms. The number of aromatic nitrogens is 3. The van der Waals surface area contributed by atoms with Crippen LogP contribution in [0.25, 0.3) is 11.0 Å². The Kier molecular flexibility index (Phi) is 4.71. The SMILES string of the molecule is COc1nn(C)c2nc(C)c(CCC(=O)NC3CCNC3)c(C)c12. The average molecular weight is 331 g/mol.